The van der Waals surface area contributed by atoms with Gasteiger partial charge in [-0.05, 0) is 297 Å². The molecule has 41 heteroatoms. The van der Waals surface area contributed by atoms with Gasteiger partial charge in [0.05, 0.1) is 134 Å². The van der Waals surface area contributed by atoms with Crippen LogP contribution < -0.4 is 49.3 Å². The molecule has 9 fully saturated rings. The predicted molar refractivity (Wildman–Crippen MR) is 555 cm³/mol. The van der Waals surface area contributed by atoms with Crippen molar-refractivity contribution in [2.24, 2.45) is 0 Å². The van der Waals surface area contributed by atoms with Crippen LogP contribution in [0, 0.1) is 0 Å². The summed E-state index contributed by atoms with van der Waals surface area (Å²) >= 11 is 3.59. The molecule has 0 spiro atoms. The second-order valence-corrected chi connectivity index (χ2v) is 44.7. The Morgan fingerprint density at radius 1 is 0.412 bits per heavy atom. The van der Waals surface area contributed by atoms with Crippen molar-refractivity contribution < 1.29 is 109 Å². The SMILES string of the molecule is CC(C)(C)OC(=O)N1CC(n2cc(B3OC(C)(C)C(C)(C)O3)cn2)C1.COC(=O)N1c2ccc(-c3cnn(C4CN(C(=O)OC(C)(C)C)C4)c3)c(OC3CCC3)c2CC[C@@H]1C.COC(=O)N1c2ccc(-c3cnn(C4CN(C)C4)c3)c(OC3CCC3)c2CC[C@@H]1C.COC(=O)N1c2ccc(-c3cnn(C4CNC4)c3)c(OC3CCC3)c2CC[C@@H]1C.COC(=O)N1c2ccc(Br)c(OC3CCC3)c2CC[C@@H]1C.O=C(O)C(F)(F)F. The smallest absolute Gasteiger partial charge is 0.489 e. The molecule has 148 heavy (non-hydrogen) atoms. The number of aliphatic carboxylic acids is 1. The van der Waals surface area contributed by atoms with E-state index in [2.05, 4.69) is 96.6 Å². The lowest BCUT2D eigenvalue weighted by molar-refractivity contribution is -0.192. The number of hydrogen-bond acceptors (Lipinski definition) is 25. The van der Waals surface area contributed by atoms with E-state index in [0.29, 0.717) is 44.4 Å². The van der Waals surface area contributed by atoms with Crippen LogP contribution in [0.4, 0.5) is 64.7 Å². The summed E-state index contributed by atoms with van der Waals surface area (Å²) < 4.78 is 109. The molecule has 2 N–H and O–H groups in total. The van der Waals surface area contributed by atoms with Crippen LogP contribution in [-0.4, -0.2) is 274 Å². The third-order valence-electron chi connectivity index (χ3n) is 30.2. The molecule has 5 saturated heterocycles. The lowest BCUT2D eigenvalue weighted by Crippen LogP contribution is -2.52. The van der Waals surface area contributed by atoms with E-state index >= 15 is 0 Å². The number of nitrogens with zero attached hydrogens (tertiary/aromatic N) is 15. The van der Waals surface area contributed by atoms with Crippen LogP contribution in [0.3, 0.4) is 0 Å². The minimum Gasteiger partial charge on any atom is -0.489 e. The number of likely N-dealkylation sites (N-methyl/N-ethyl adjacent to an activating group) is 1. The fourth-order valence-electron chi connectivity index (χ4n) is 19.7. The summed E-state index contributed by atoms with van der Waals surface area (Å²) in [4.78, 5) is 95.5. The van der Waals surface area contributed by atoms with Crippen molar-refractivity contribution in [1.29, 1.82) is 0 Å². The van der Waals surface area contributed by atoms with E-state index in [4.69, 9.17) is 66.6 Å². The molecule has 0 unspecified atom stereocenters. The zero-order valence-electron chi connectivity index (χ0n) is 88.5. The summed E-state index contributed by atoms with van der Waals surface area (Å²) in [5, 5.41) is 28.7. The Morgan fingerprint density at radius 2 is 0.696 bits per heavy atom. The average molecular weight is 2120 g/mol. The van der Waals surface area contributed by atoms with Crippen LogP contribution in [0.15, 0.2) is 103 Å². The van der Waals surface area contributed by atoms with E-state index in [1.165, 1.54) is 54.1 Å². The van der Waals surface area contributed by atoms with Crippen molar-refractivity contribution in [3.63, 3.8) is 0 Å². The number of methoxy groups -OCH3 is 4. The van der Waals surface area contributed by atoms with E-state index in [1.54, 1.807) is 35.6 Å². The van der Waals surface area contributed by atoms with Gasteiger partial charge in [0, 0.05) is 169 Å². The molecule has 4 aromatic carbocycles. The normalized spacial score (nSPS) is 21.2. The zero-order valence-corrected chi connectivity index (χ0v) is 90.1. The second-order valence-electron chi connectivity index (χ2n) is 43.8. The van der Waals surface area contributed by atoms with Crippen molar-refractivity contribution in [3.05, 3.63) is 125 Å². The number of aromatic nitrogens is 8. The van der Waals surface area contributed by atoms with Gasteiger partial charge >= 0.3 is 55.8 Å². The van der Waals surface area contributed by atoms with E-state index in [0.717, 1.165) is 240 Å². The second kappa shape index (κ2) is 45.2. The van der Waals surface area contributed by atoms with Gasteiger partial charge in [-0.2, -0.15) is 33.6 Å². The monoisotopic (exact) mass is 2120 g/mol. The van der Waals surface area contributed by atoms with Crippen LogP contribution in [0.25, 0.3) is 33.4 Å². The van der Waals surface area contributed by atoms with Crippen LogP contribution in [0.2, 0.25) is 0 Å². The summed E-state index contributed by atoms with van der Waals surface area (Å²) in [6.07, 6.45) is 30.4. The maximum absolute atomic E-state index is 12.6. The Balaban J connectivity index is 0.000000131. The van der Waals surface area contributed by atoms with Crippen molar-refractivity contribution in [2.75, 3.05) is 107 Å². The number of carbonyl (C=O) groups is 7. The number of carbonyl (C=O) groups excluding carboxylic acids is 6. The van der Waals surface area contributed by atoms with Crippen molar-refractivity contribution in [3.8, 4) is 56.4 Å². The number of hydrogen-bond donors (Lipinski definition) is 2. The van der Waals surface area contributed by atoms with Gasteiger partial charge in [0.1, 0.15) is 34.2 Å². The number of likely N-dealkylation sites (tertiary alicyclic amines) is 3. The summed E-state index contributed by atoms with van der Waals surface area (Å²) in [5.74, 6) is 0.828. The molecule has 13 heterocycles. The molecule has 8 aromatic rings. The molecule has 4 atom stereocenters. The van der Waals surface area contributed by atoms with Gasteiger partial charge in [0.2, 0.25) is 0 Å². The average Bonchev–Trinajstić information content (AvgIpc) is 1.44. The Labute approximate surface area is 872 Å². The summed E-state index contributed by atoms with van der Waals surface area (Å²) in [7, 11) is 7.43. The maximum atomic E-state index is 12.6. The number of ether oxygens (including phenoxy) is 10. The number of benzene rings is 4. The number of carboxylic acids is 1. The molecule has 9 aliphatic heterocycles. The molecule has 6 amide bonds. The van der Waals surface area contributed by atoms with Gasteiger partial charge < -0.3 is 81.8 Å². The standard InChI is InChI=1S/C27H36N4O5.C23H30N4O3.C22H28N4O3.C17H28BN3O4.C16H20BrNO3.C2HF3O2/c1-17-9-10-22-23(31(17)26(33)34-5)12-11-21(24(22)35-20-7-6-8-20)18-13-28-30(14-18)19-15-29(16-19)25(32)36-27(2,3)4;1-15-7-8-20-21(27(15)23(28)29-3)10-9-19(22(20)30-18-5-4-6-18)16-11-24-26(12-16)17-13-25(2)14-17;1-14-6-7-19-20(26(14)22(27)28-2)9-8-18(21(19)29-17-4-3-5-17)15-10-24-25(13-15)16-11-23-12-16;1-15(2,3)23-14(22)20-10-13(11-20)21-9-12(8-19-21)18-24-16(4,5)17(6,7)25-18;1-10-6-7-12-14(18(10)16(19)20-2)9-8-13(17)15(12)21-11-4-3-5-11;3-2(4,5)1(6)7/h11-14,17,19-20H,6-10,15-16H2,1-5H3;9-12,15,17-18H,4-8,13-14H2,1-3H3;8-10,13-14,16-17,23H,3-7,11-12H2,1-2H3;8-9,13H,10-11H2,1-7H3;8-11H,3-7H2,1-2H3;(H,6,7)/t17-;15-;14-;;10-;/m000.0./s1. The number of anilines is 4. The summed E-state index contributed by atoms with van der Waals surface area (Å²) in [5.41, 5.74) is 13.4. The molecule has 4 aliphatic carbocycles. The molecule has 13 aliphatic rings. The van der Waals surface area contributed by atoms with Gasteiger partial charge in [-0.3, -0.25) is 38.3 Å². The topological polar surface area (TPSA) is 356 Å². The first kappa shape index (κ1) is 109. The van der Waals surface area contributed by atoms with Gasteiger partial charge in [-0.15, -0.1) is 0 Å². The van der Waals surface area contributed by atoms with Crippen LogP contribution in [0.5, 0.6) is 23.0 Å². The number of fused-ring (bicyclic) bond motifs is 4. The molecular weight excluding hydrogens is 1980 g/mol. The van der Waals surface area contributed by atoms with Crippen molar-refractivity contribution in [2.45, 2.75) is 327 Å². The lowest BCUT2D eigenvalue weighted by Gasteiger charge is -2.39. The summed E-state index contributed by atoms with van der Waals surface area (Å²) in [6.45, 7) is 33.9. The minimum atomic E-state index is -5.08. The Morgan fingerprint density at radius 3 is 0.973 bits per heavy atom. The van der Waals surface area contributed by atoms with Gasteiger partial charge in [0.15, 0.2) is 0 Å². The number of amides is 6. The Hall–Kier alpha value is -11.8. The Kier molecular flexibility index (Phi) is 33.2. The molecule has 4 aromatic heterocycles. The lowest BCUT2D eigenvalue weighted by atomic mass is 9.82. The molecular formula is C107H143BBrF3N16O20. The third-order valence-corrected chi connectivity index (χ3v) is 30.9. The van der Waals surface area contributed by atoms with Crippen LogP contribution in [0.1, 0.15) is 246 Å². The highest BCUT2D eigenvalue weighted by molar-refractivity contribution is 9.10. The van der Waals surface area contributed by atoms with E-state index in [1.807, 2.05) is 165 Å². The van der Waals surface area contributed by atoms with Gasteiger partial charge in [0.25, 0.3) is 0 Å². The zero-order chi connectivity index (χ0) is 106. The largest absolute Gasteiger partial charge is 0.498 e. The Bertz CT molecular complexity index is 6060. The fourth-order valence-corrected chi connectivity index (χ4v) is 20.2. The number of carboxylic acid groups (broad SMARTS) is 1. The first-order valence-corrected chi connectivity index (χ1v) is 52.7. The highest BCUT2D eigenvalue weighted by atomic mass is 79.9. The quantitative estimate of drug-likeness (QED) is 0.0670. The first-order chi connectivity index (χ1) is 70.3. The fraction of sp³-hybridized carbons (Fsp3) is 0.598. The third kappa shape index (κ3) is 24.3. The molecule has 0 radical (unpaired) electrons. The van der Waals surface area contributed by atoms with Crippen LogP contribution >= 0.6 is 15.9 Å². The highest BCUT2D eigenvalue weighted by Gasteiger charge is 2.53. The molecule has 36 nitrogen and oxygen atoms in total. The number of rotatable bonds is 16. The number of halogens is 4. The number of alkyl halides is 3. The molecule has 21 rings (SSSR count). The first-order valence-electron chi connectivity index (χ1n) is 51.9. The van der Waals surface area contributed by atoms with Crippen molar-refractivity contribution >= 4 is 93.8 Å². The maximum Gasteiger partial charge on any atom is 0.498 e. The van der Waals surface area contributed by atoms with Gasteiger partial charge in [-0.1, -0.05) is 0 Å². The number of nitrogens with one attached hydrogen (secondary N) is 1. The van der Waals surface area contributed by atoms with E-state index in [-0.39, 0.29) is 102 Å². The molecule has 4 saturated carbocycles. The van der Waals surface area contributed by atoms with E-state index < -0.39 is 30.5 Å². The van der Waals surface area contributed by atoms with E-state index in [9.17, 15) is 41.9 Å². The molecule has 802 valence electrons. The predicted octanol–water partition coefficient (Wildman–Crippen LogP) is 19.5. The summed E-state index contributed by atoms with van der Waals surface area (Å²) in [6, 6.07) is 17.7. The highest BCUT2D eigenvalue weighted by Crippen LogP contribution is 2.51. The minimum absolute atomic E-state index is 0.0571. The molecule has 0 bridgehead atoms. The van der Waals surface area contributed by atoms with Crippen LogP contribution in [-0.2, 0) is 68.2 Å². The van der Waals surface area contributed by atoms with Gasteiger partial charge in [-0.25, -0.2) is 33.6 Å². The van der Waals surface area contributed by atoms with Crippen molar-refractivity contribution in [1.82, 2.24) is 59.1 Å².